The Morgan fingerprint density at radius 2 is 1.64 bits per heavy atom. The fourth-order valence-electron chi connectivity index (χ4n) is 1.91. The fraction of sp³-hybridized carbons (Fsp3) is 0.200. The summed E-state index contributed by atoms with van der Waals surface area (Å²) in [6.07, 6.45) is 0. The Hall–Kier alpha value is -2.44. The fourth-order valence-corrected chi connectivity index (χ4v) is 1.91. The summed E-state index contributed by atoms with van der Waals surface area (Å²) >= 11 is 0. The smallest absolute Gasteiger partial charge is 0.254 e. The summed E-state index contributed by atoms with van der Waals surface area (Å²) in [5.74, 6) is -6.73. The van der Waals surface area contributed by atoms with Gasteiger partial charge in [-0.3, -0.25) is 5.43 Å². The van der Waals surface area contributed by atoms with E-state index in [-0.39, 0.29) is 0 Å². The number of aromatic nitrogens is 1. The Bertz CT molecular complexity index is 731. The Balaban J connectivity index is 2.38. The number of aryl methyl sites for hydroxylation is 2. The van der Waals surface area contributed by atoms with Crippen molar-refractivity contribution in [3.05, 3.63) is 58.4 Å². The molecule has 0 amide bonds. The number of nitrogens with one attached hydrogen (secondary N) is 1. The number of halogens is 4. The van der Waals surface area contributed by atoms with Gasteiger partial charge in [-0.1, -0.05) is 17.7 Å². The van der Waals surface area contributed by atoms with E-state index >= 15 is 0 Å². The normalized spacial score (nSPS) is 11.7. The lowest BCUT2D eigenvalue weighted by Crippen LogP contribution is -2.08. The minimum atomic E-state index is -1.74. The summed E-state index contributed by atoms with van der Waals surface area (Å²) in [5, 5.41) is 3.80. The van der Waals surface area contributed by atoms with Crippen molar-refractivity contribution in [2.45, 2.75) is 20.8 Å². The lowest BCUT2D eigenvalue weighted by Gasteiger charge is -2.09. The van der Waals surface area contributed by atoms with Crippen molar-refractivity contribution in [1.29, 1.82) is 0 Å². The van der Waals surface area contributed by atoms with Crippen molar-refractivity contribution < 1.29 is 17.6 Å². The van der Waals surface area contributed by atoms with E-state index in [0.29, 0.717) is 5.71 Å². The van der Waals surface area contributed by atoms with E-state index in [1.165, 1.54) is 0 Å². The highest BCUT2D eigenvalue weighted by Gasteiger charge is 2.20. The summed E-state index contributed by atoms with van der Waals surface area (Å²) in [6.45, 7) is 5.34. The molecule has 0 aliphatic heterocycles. The van der Waals surface area contributed by atoms with Crippen molar-refractivity contribution >= 4 is 11.4 Å². The highest BCUT2D eigenvalue weighted by Crippen LogP contribution is 2.22. The molecule has 0 atom stereocenters. The molecule has 2 rings (SSSR count). The first-order chi connectivity index (χ1) is 10.3. The van der Waals surface area contributed by atoms with Gasteiger partial charge in [0, 0.05) is 5.56 Å². The van der Waals surface area contributed by atoms with Gasteiger partial charge in [0.15, 0.2) is 0 Å². The molecule has 7 heteroatoms. The summed E-state index contributed by atoms with van der Waals surface area (Å²) in [6, 6.07) is 5.62. The van der Waals surface area contributed by atoms with Crippen molar-refractivity contribution in [3.8, 4) is 0 Å². The van der Waals surface area contributed by atoms with Gasteiger partial charge in [0.25, 0.3) is 11.9 Å². The number of hydrogen-bond acceptors (Lipinski definition) is 3. The molecular weight excluding hydrogens is 298 g/mol. The summed E-state index contributed by atoms with van der Waals surface area (Å²) < 4.78 is 52.9. The van der Waals surface area contributed by atoms with E-state index in [1.807, 2.05) is 37.5 Å². The van der Waals surface area contributed by atoms with Crippen molar-refractivity contribution in [3.63, 3.8) is 0 Å². The van der Waals surface area contributed by atoms with Crippen LogP contribution in [0.25, 0.3) is 0 Å². The molecular formula is C15H13F4N3. The van der Waals surface area contributed by atoms with E-state index in [9.17, 15) is 17.6 Å². The molecule has 0 radical (unpaired) electrons. The largest absolute Gasteiger partial charge is 0.272 e. The zero-order valence-corrected chi connectivity index (χ0v) is 12.1. The minimum Gasteiger partial charge on any atom is -0.272 e. The van der Waals surface area contributed by atoms with Gasteiger partial charge in [0.05, 0.1) is 5.71 Å². The number of hydrogen-bond donors (Lipinski definition) is 1. The SMILES string of the molecule is C/C(=N/Nc1c(F)c(F)nc(F)c1F)c1cc(C)ccc1C. The van der Waals surface area contributed by atoms with E-state index in [0.717, 1.165) is 16.7 Å². The molecule has 1 heterocycles. The van der Waals surface area contributed by atoms with Crippen LogP contribution in [-0.2, 0) is 0 Å². The van der Waals surface area contributed by atoms with Gasteiger partial charge in [-0.2, -0.15) is 27.6 Å². The van der Waals surface area contributed by atoms with Crippen LogP contribution in [0.2, 0.25) is 0 Å². The monoisotopic (exact) mass is 311 g/mol. The number of benzene rings is 1. The number of anilines is 1. The average molecular weight is 311 g/mol. The van der Waals surface area contributed by atoms with E-state index in [1.54, 1.807) is 6.92 Å². The first kappa shape index (κ1) is 15.9. The molecule has 0 aliphatic rings. The number of pyridine rings is 1. The predicted molar refractivity (Wildman–Crippen MR) is 75.8 cm³/mol. The van der Waals surface area contributed by atoms with E-state index in [4.69, 9.17) is 0 Å². The number of hydrazone groups is 1. The van der Waals surface area contributed by atoms with Crippen LogP contribution in [0.4, 0.5) is 23.2 Å². The molecule has 0 saturated carbocycles. The van der Waals surface area contributed by atoms with Crippen LogP contribution in [0.3, 0.4) is 0 Å². The van der Waals surface area contributed by atoms with Gasteiger partial charge >= 0.3 is 0 Å². The van der Waals surface area contributed by atoms with Crippen LogP contribution in [0.5, 0.6) is 0 Å². The Morgan fingerprint density at radius 1 is 1.05 bits per heavy atom. The molecule has 1 N–H and O–H groups in total. The molecule has 22 heavy (non-hydrogen) atoms. The standard InChI is InChI=1S/C15H13F4N3/c1-7-4-5-8(2)10(6-7)9(3)21-22-13-11(16)14(18)20-15(19)12(13)17/h4-6H,1-3H3,(H,20,22)/b21-9-. The molecule has 0 bridgehead atoms. The first-order valence-corrected chi connectivity index (χ1v) is 6.39. The quantitative estimate of drug-likeness (QED) is 0.401. The minimum absolute atomic E-state index is 0.414. The van der Waals surface area contributed by atoms with Gasteiger partial charge in [0.2, 0.25) is 11.6 Å². The van der Waals surface area contributed by atoms with Crippen LogP contribution in [-0.4, -0.2) is 10.7 Å². The van der Waals surface area contributed by atoms with Crippen molar-refractivity contribution in [1.82, 2.24) is 4.98 Å². The molecule has 0 fully saturated rings. The third-order valence-corrected chi connectivity index (χ3v) is 3.12. The van der Waals surface area contributed by atoms with Crippen LogP contribution in [0.1, 0.15) is 23.6 Å². The Labute approximate surface area is 124 Å². The van der Waals surface area contributed by atoms with Gasteiger partial charge in [-0.05, 0) is 32.4 Å². The zero-order valence-electron chi connectivity index (χ0n) is 12.1. The van der Waals surface area contributed by atoms with E-state index in [2.05, 4.69) is 10.1 Å². The summed E-state index contributed by atoms with van der Waals surface area (Å²) in [5.41, 5.74) is 4.06. The molecule has 0 aliphatic carbocycles. The Kier molecular flexibility index (Phi) is 4.44. The molecule has 1 aromatic carbocycles. The van der Waals surface area contributed by atoms with Crippen LogP contribution in [0.15, 0.2) is 23.3 Å². The van der Waals surface area contributed by atoms with E-state index < -0.39 is 29.2 Å². The van der Waals surface area contributed by atoms with Crippen LogP contribution >= 0.6 is 0 Å². The summed E-state index contributed by atoms with van der Waals surface area (Å²) in [4.78, 5) is 2.47. The molecule has 2 aromatic rings. The van der Waals surface area contributed by atoms with Gasteiger partial charge in [-0.15, -0.1) is 0 Å². The topological polar surface area (TPSA) is 37.3 Å². The van der Waals surface area contributed by atoms with Crippen LogP contribution < -0.4 is 5.43 Å². The molecule has 1 aromatic heterocycles. The molecule has 116 valence electrons. The van der Waals surface area contributed by atoms with Gasteiger partial charge < -0.3 is 0 Å². The zero-order chi connectivity index (χ0) is 16.4. The van der Waals surface area contributed by atoms with Crippen molar-refractivity contribution in [2.24, 2.45) is 5.10 Å². The maximum absolute atomic E-state index is 13.5. The lowest BCUT2D eigenvalue weighted by atomic mass is 10.0. The highest BCUT2D eigenvalue weighted by atomic mass is 19.2. The highest BCUT2D eigenvalue weighted by molar-refractivity contribution is 6.00. The van der Waals surface area contributed by atoms with Gasteiger partial charge in [0.1, 0.15) is 5.69 Å². The average Bonchev–Trinajstić information content (AvgIpc) is 2.47. The number of nitrogens with zero attached hydrogens (tertiary/aromatic N) is 2. The second-order valence-corrected chi connectivity index (χ2v) is 4.82. The maximum atomic E-state index is 13.5. The van der Waals surface area contributed by atoms with Crippen molar-refractivity contribution in [2.75, 3.05) is 5.43 Å². The molecule has 3 nitrogen and oxygen atoms in total. The van der Waals surface area contributed by atoms with Crippen LogP contribution in [0, 0.1) is 37.4 Å². The van der Waals surface area contributed by atoms with Gasteiger partial charge in [-0.25, -0.2) is 0 Å². The second kappa shape index (κ2) is 6.13. The lowest BCUT2D eigenvalue weighted by molar-refractivity contribution is 0.411. The molecule has 0 saturated heterocycles. The third-order valence-electron chi connectivity index (χ3n) is 3.12. The third kappa shape index (κ3) is 3.08. The maximum Gasteiger partial charge on any atom is 0.254 e. The number of rotatable bonds is 3. The molecule has 0 unspecified atom stereocenters. The predicted octanol–water partition coefficient (Wildman–Crippen LogP) is 4.09. The molecule has 0 spiro atoms. The summed E-state index contributed by atoms with van der Waals surface area (Å²) in [7, 11) is 0. The first-order valence-electron chi connectivity index (χ1n) is 6.39. The Morgan fingerprint density at radius 3 is 2.23 bits per heavy atom. The second-order valence-electron chi connectivity index (χ2n) is 4.82.